The van der Waals surface area contributed by atoms with Gasteiger partial charge in [0.25, 0.3) is 0 Å². The summed E-state index contributed by atoms with van der Waals surface area (Å²) in [4.78, 5) is 53.7. The summed E-state index contributed by atoms with van der Waals surface area (Å²) >= 11 is 1.49. The number of hydrogen-bond donors (Lipinski definition) is 5. The highest BCUT2D eigenvalue weighted by Crippen LogP contribution is 2.36. The number of esters is 1. The van der Waals surface area contributed by atoms with E-state index in [1.165, 1.54) is 37.8 Å². The molecule has 0 radical (unpaired) electrons. The van der Waals surface area contributed by atoms with Crippen molar-refractivity contribution in [1.29, 1.82) is 0 Å². The van der Waals surface area contributed by atoms with Crippen LogP contribution in [0.4, 0.5) is 16.2 Å². The zero-order chi connectivity index (χ0) is 37.3. The van der Waals surface area contributed by atoms with Gasteiger partial charge in [0, 0.05) is 44.6 Å². The van der Waals surface area contributed by atoms with Crippen LogP contribution in [0.3, 0.4) is 0 Å². The topological polar surface area (TPSA) is 199 Å². The van der Waals surface area contributed by atoms with Gasteiger partial charge >= 0.3 is 12.1 Å². The van der Waals surface area contributed by atoms with Crippen molar-refractivity contribution in [2.75, 3.05) is 43.9 Å². The number of ether oxygens (including phenoxy) is 4. The lowest BCUT2D eigenvalue weighted by molar-refractivity contribution is -0.164. The summed E-state index contributed by atoms with van der Waals surface area (Å²) in [6.45, 7) is 6.63. The zero-order valence-corrected chi connectivity index (χ0v) is 30.9. The molecule has 0 aliphatic carbocycles. The first-order valence-corrected chi connectivity index (χ1v) is 17.9. The maximum atomic E-state index is 13.9. The van der Waals surface area contributed by atoms with Gasteiger partial charge in [0.1, 0.15) is 30.1 Å². The largest absolute Gasteiger partial charge is 0.495 e. The number of thioether (sulfide) groups is 1. The number of carbonyl (C=O) groups is 4. The number of fused-ring (bicyclic) bond motifs is 4. The van der Waals surface area contributed by atoms with E-state index in [0.717, 1.165) is 11.1 Å². The van der Waals surface area contributed by atoms with E-state index in [0.29, 0.717) is 23.6 Å². The number of allylic oxidation sites excluding steroid dienone is 3. The molecular weight excluding hydrogens is 668 g/mol. The van der Waals surface area contributed by atoms with E-state index in [2.05, 4.69) is 10.6 Å². The quantitative estimate of drug-likeness (QED) is 0.195. The standard InChI is InChI=1S/C35H52N4O10S/c1-19-10-9-11-28(47-7)35(45)18-27(49-34(44)38-35)21(3)32(42)20(2)25(48-33(43)22(4)37-29(40)12-13-50-8)17-30(41)39(5)24-15-23(14-19)16-26(46-6)31(24)36/h9-11,15-16,20-22,25,27-28,32,42,45H,12-14,17-18,36H2,1-8H3,(H,37,40)(H,38,44)/b11-9+,19-10+/t20?,21-,22+,25+,27?,28-,32-,35+/m0/s1. The lowest BCUT2D eigenvalue weighted by Crippen LogP contribution is -2.64. The molecule has 4 bridgehead atoms. The van der Waals surface area contributed by atoms with Crippen LogP contribution in [0, 0.1) is 11.8 Å². The number of aliphatic hydroxyl groups excluding tert-OH is 1. The van der Waals surface area contributed by atoms with Crippen molar-refractivity contribution in [1.82, 2.24) is 10.6 Å². The number of nitrogens with one attached hydrogen (secondary N) is 2. The Morgan fingerprint density at radius 1 is 1.24 bits per heavy atom. The summed E-state index contributed by atoms with van der Waals surface area (Å²) in [7, 11) is 4.42. The Hall–Kier alpha value is -3.79. The Morgan fingerprint density at radius 2 is 1.94 bits per heavy atom. The summed E-state index contributed by atoms with van der Waals surface area (Å²) in [5.74, 6) is -2.36. The van der Waals surface area contributed by atoms with E-state index in [1.54, 1.807) is 45.2 Å². The molecule has 1 aromatic carbocycles. The monoisotopic (exact) mass is 720 g/mol. The van der Waals surface area contributed by atoms with Gasteiger partial charge in [0.05, 0.1) is 31.0 Å². The molecule has 3 amide bonds. The number of aliphatic hydroxyl groups is 2. The van der Waals surface area contributed by atoms with E-state index in [9.17, 15) is 29.4 Å². The van der Waals surface area contributed by atoms with Crippen molar-refractivity contribution in [3.8, 4) is 5.75 Å². The summed E-state index contributed by atoms with van der Waals surface area (Å²) < 4.78 is 22.5. The van der Waals surface area contributed by atoms with Gasteiger partial charge in [0.2, 0.25) is 11.8 Å². The molecule has 1 fully saturated rings. The molecule has 6 N–H and O–H groups in total. The molecule has 3 rings (SSSR count). The van der Waals surface area contributed by atoms with Crippen molar-refractivity contribution in [3.05, 3.63) is 41.5 Å². The lowest BCUT2D eigenvalue weighted by Gasteiger charge is -2.43. The third-order valence-corrected chi connectivity index (χ3v) is 9.87. The maximum absolute atomic E-state index is 13.9. The minimum Gasteiger partial charge on any atom is -0.495 e. The molecule has 0 saturated carbocycles. The molecule has 15 heteroatoms. The molecule has 2 heterocycles. The van der Waals surface area contributed by atoms with Gasteiger partial charge in [-0.1, -0.05) is 37.6 Å². The number of methoxy groups -OCH3 is 2. The zero-order valence-electron chi connectivity index (χ0n) is 30.1. The third-order valence-electron chi connectivity index (χ3n) is 9.26. The van der Waals surface area contributed by atoms with Crippen molar-refractivity contribution < 1.29 is 48.3 Å². The number of nitrogens with zero attached hydrogens (tertiary/aromatic N) is 1. The normalized spacial score (nSPS) is 30.2. The van der Waals surface area contributed by atoms with Gasteiger partial charge in [-0.05, 0) is 44.2 Å². The van der Waals surface area contributed by atoms with Crippen LogP contribution >= 0.6 is 11.8 Å². The average Bonchev–Trinajstić information content (AvgIpc) is 3.07. The number of carbonyl (C=O) groups excluding carboxylic acids is 4. The van der Waals surface area contributed by atoms with Crippen molar-refractivity contribution in [2.24, 2.45) is 11.8 Å². The van der Waals surface area contributed by atoms with Crippen LogP contribution in [0.15, 0.2) is 35.9 Å². The fraction of sp³-hybridized carbons (Fsp3) is 0.600. The number of nitrogens with two attached hydrogens (primary N) is 1. The third kappa shape index (κ3) is 10.1. The highest BCUT2D eigenvalue weighted by atomic mass is 32.2. The molecule has 2 aliphatic rings. The molecule has 14 nitrogen and oxygen atoms in total. The molecule has 2 aliphatic heterocycles. The Labute approximate surface area is 298 Å². The van der Waals surface area contributed by atoms with Crippen LogP contribution in [0.25, 0.3) is 0 Å². The van der Waals surface area contributed by atoms with E-state index in [1.807, 2.05) is 19.3 Å². The van der Waals surface area contributed by atoms with Crippen molar-refractivity contribution >= 4 is 47.0 Å². The fourth-order valence-electron chi connectivity index (χ4n) is 6.09. The van der Waals surface area contributed by atoms with Crippen LogP contribution in [0.1, 0.15) is 52.5 Å². The van der Waals surface area contributed by atoms with E-state index < -0.39 is 66.0 Å². The first-order chi connectivity index (χ1) is 23.5. The maximum Gasteiger partial charge on any atom is 0.409 e. The first kappa shape index (κ1) is 40.6. The van der Waals surface area contributed by atoms with Gasteiger partial charge in [0.15, 0.2) is 5.72 Å². The molecule has 50 heavy (non-hydrogen) atoms. The van der Waals surface area contributed by atoms with Gasteiger partial charge in [-0.2, -0.15) is 11.8 Å². The number of alkyl carbamates (subject to hydrolysis) is 1. The number of benzene rings is 1. The predicted molar refractivity (Wildman–Crippen MR) is 191 cm³/mol. The Balaban J connectivity index is 2.09. The molecule has 2 unspecified atom stereocenters. The SMILES string of the molecule is COc1cc2cc(c1N)N(C)C(=O)C[C@@H](OC(=O)[C@@H](C)NC(=O)CCSC)C(C)[C@H](O)[C@@H](C)C1C[C@](O)(NC(=O)O1)[C@@H](OC)/C=C/C=C(\C)C2. The average molecular weight is 721 g/mol. The van der Waals surface area contributed by atoms with Gasteiger partial charge in [-0.3, -0.25) is 14.9 Å². The molecule has 278 valence electrons. The second-order valence-electron chi connectivity index (χ2n) is 13.0. The second-order valence-corrected chi connectivity index (χ2v) is 14.0. The van der Waals surface area contributed by atoms with Crippen LogP contribution in [-0.4, -0.2) is 104 Å². The van der Waals surface area contributed by atoms with Crippen LogP contribution in [0.2, 0.25) is 0 Å². The first-order valence-electron chi connectivity index (χ1n) is 16.5. The Morgan fingerprint density at radius 3 is 2.58 bits per heavy atom. The summed E-state index contributed by atoms with van der Waals surface area (Å²) in [5.41, 5.74) is 6.86. The summed E-state index contributed by atoms with van der Waals surface area (Å²) in [5, 5.41) is 28.4. The van der Waals surface area contributed by atoms with E-state index in [-0.39, 0.29) is 30.9 Å². The number of nitrogen functional groups attached to an aromatic ring is 1. The number of amides is 3. The molecule has 0 spiro atoms. The fourth-order valence-corrected chi connectivity index (χ4v) is 6.48. The van der Waals surface area contributed by atoms with Crippen LogP contribution < -0.4 is 26.0 Å². The van der Waals surface area contributed by atoms with Crippen molar-refractivity contribution in [2.45, 2.75) is 89.6 Å². The Kier molecular flexibility index (Phi) is 14.6. The van der Waals surface area contributed by atoms with Crippen LogP contribution in [0.5, 0.6) is 5.75 Å². The number of anilines is 2. The van der Waals surface area contributed by atoms with E-state index in [4.69, 9.17) is 24.7 Å². The number of rotatable bonds is 8. The predicted octanol–water partition coefficient (Wildman–Crippen LogP) is 2.69. The Bertz CT molecular complexity index is 1450. The molecule has 1 aromatic rings. The van der Waals surface area contributed by atoms with Crippen molar-refractivity contribution in [3.63, 3.8) is 0 Å². The lowest BCUT2D eigenvalue weighted by atomic mass is 9.81. The molecule has 1 saturated heterocycles. The number of hydrogen-bond acceptors (Lipinski definition) is 12. The highest BCUT2D eigenvalue weighted by Gasteiger charge is 2.48. The summed E-state index contributed by atoms with van der Waals surface area (Å²) in [6, 6.07) is 2.51. The summed E-state index contributed by atoms with van der Waals surface area (Å²) in [6.07, 6.45) is 1.80. The molecule has 0 aromatic heterocycles. The smallest absolute Gasteiger partial charge is 0.409 e. The van der Waals surface area contributed by atoms with Gasteiger partial charge in [-0.25, -0.2) is 9.59 Å². The minimum atomic E-state index is -1.89. The van der Waals surface area contributed by atoms with Gasteiger partial charge in [-0.15, -0.1) is 0 Å². The van der Waals surface area contributed by atoms with Crippen LogP contribution in [-0.2, 0) is 35.0 Å². The van der Waals surface area contributed by atoms with E-state index >= 15 is 0 Å². The molecular formula is C35H52N4O10S. The highest BCUT2D eigenvalue weighted by molar-refractivity contribution is 7.98. The van der Waals surface area contributed by atoms with Gasteiger partial charge < -0.3 is 45.1 Å². The second kappa shape index (κ2) is 17.9. The molecule has 8 atom stereocenters. The minimum absolute atomic E-state index is 0.147.